The monoisotopic (exact) mass is 174 g/mol. The summed E-state index contributed by atoms with van der Waals surface area (Å²) in [5.74, 6) is 0.323. The lowest BCUT2D eigenvalue weighted by Crippen LogP contribution is -2.12. The van der Waals surface area contributed by atoms with Crippen LogP contribution in [0.3, 0.4) is 0 Å². The highest BCUT2D eigenvalue weighted by atomic mass is 16.1. The highest BCUT2D eigenvalue weighted by Gasteiger charge is 2.18. The Morgan fingerprint density at radius 2 is 1.92 bits per heavy atom. The SMILES string of the molecule is Cc1ccc2c(c1C)CCCC2=O. The Labute approximate surface area is 78.8 Å². The van der Waals surface area contributed by atoms with Crippen LogP contribution in [0.15, 0.2) is 12.1 Å². The van der Waals surface area contributed by atoms with E-state index < -0.39 is 0 Å². The number of hydrogen-bond acceptors (Lipinski definition) is 1. The number of carbonyl (C=O) groups is 1. The molecule has 1 aromatic carbocycles. The molecule has 0 radical (unpaired) electrons. The first-order chi connectivity index (χ1) is 6.20. The minimum Gasteiger partial charge on any atom is -0.294 e. The molecule has 0 unspecified atom stereocenters. The van der Waals surface area contributed by atoms with Gasteiger partial charge in [-0.2, -0.15) is 0 Å². The van der Waals surface area contributed by atoms with Gasteiger partial charge in [0.05, 0.1) is 0 Å². The summed E-state index contributed by atoms with van der Waals surface area (Å²) in [6.07, 6.45) is 2.83. The Morgan fingerprint density at radius 3 is 2.69 bits per heavy atom. The third-order valence-corrected chi connectivity index (χ3v) is 3.00. The van der Waals surface area contributed by atoms with Crippen LogP contribution >= 0.6 is 0 Å². The molecule has 0 saturated carbocycles. The van der Waals surface area contributed by atoms with E-state index in [1.165, 1.54) is 16.7 Å². The van der Waals surface area contributed by atoms with Crippen LogP contribution in [0, 0.1) is 13.8 Å². The van der Waals surface area contributed by atoms with E-state index in [0.717, 1.165) is 24.8 Å². The van der Waals surface area contributed by atoms with E-state index in [1.54, 1.807) is 0 Å². The van der Waals surface area contributed by atoms with Crippen LogP contribution in [-0.2, 0) is 6.42 Å². The fourth-order valence-corrected chi connectivity index (χ4v) is 2.02. The number of hydrogen-bond donors (Lipinski definition) is 0. The standard InChI is InChI=1S/C12H14O/c1-8-6-7-11-10(9(8)2)4-3-5-12(11)13/h6-7H,3-5H2,1-2H3. The first-order valence-electron chi connectivity index (χ1n) is 4.82. The molecule has 1 aliphatic carbocycles. The molecule has 1 aliphatic rings. The van der Waals surface area contributed by atoms with Gasteiger partial charge in [-0.1, -0.05) is 12.1 Å². The molecule has 1 heteroatoms. The molecule has 0 aromatic heterocycles. The molecule has 0 spiro atoms. The van der Waals surface area contributed by atoms with E-state index in [4.69, 9.17) is 0 Å². The van der Waals surface area contributed by atoms with E-state index in [-0.39, 0.29) is 0 Å². The van der Waals surface area contributed by atoms with Crippen molar-refractivity contribution in [2.24, 2.45) is 0 Å². The van der Waals surface area contributed by atoms with Crippen LogP contribution in [0.1, 0.15) is 39.9 Å². The second-order valence-corrected chi connectivity index (χ2v) is 3.81. The second kappa shape index (κ2) is 2.99. The summed E-state index contributed by atoms with van der Waals surface area (Å²) in [6.45, 7) is 4.22. The quantitative estimate of drug-likeness (QED) is 0.591. The van der Waals surface area contributed by atoms with Gasteiger partial charge >= 0.3 is 0 Å². The number of Topliss-reactive ketones (excluding diaryl/α,β-unsaturated/α-hetero) is 1. The summed E-state index contributed by atoms with van der Waals surface area (Å²) < 4.78 is 0. The topological polar surface area (TPSA) is 17.1 Å². The van der Waals surface area contributed by atoms with Gasteiger partial charge < -0.3 is 0 Å². The van der Waals surface area contributed by atoms with Crippen molar-refractivity contribution in [3.05, 3.63) is 34.4 Å². The predicted molar refractivity (Wildman–Crippen MR) is 53.2 cm³/mol. The molecule has 0 fully saturated rings. The first-order valence-corrected chi connectivity index (χ1v) is 4.82. The lowest BCUT2D eigenvalue weighted by molar-refractivity contribution is 0.0972. The lowest BCUT2D eigenvalue weighted by atomic mass is 9.86. The van der Waals surface area contributed by atoms with E-state index in [1.807, 2.05) is 6.07 Å². The number of rotatable bonds is 0. The first kappa shape index (κ1) is 8.49. The highest BCUT2D eigenvalue weighted by Crippen LogP contribution is 2.25. The van der Waals surface area contributed by atoms with Crippen molar-refractivity contribution >= 4 is 5.78 Å². The van der Waals surface area contributed by atoms with Gasteiger partial charge in [0.25, 0.3) is 0 Å². The number of carbonyl (C=O) groups excluding carboxylic acids is 1. The molecule has 0 atom stereocenters. The summed E-state index contributed by atoms with van der Waals surface area (Å²) >= 11 is 0. The van der Waals surface area contributed by atoms with Gasteiger partial charge in [-0.05, 0) is 43.4 Å². The largest absolute Gasteiger partial charge is 0.294 e. The van der Waals surface area contributed by atoms with Gasteiger partial charge in [0.15, 0.2) is 5.78 Å². The highest BCUT2D eigenvalue weighted by molar-refractivity contribution is 5.98. The summed E-state index contributed by atoms with van der Waals surface area (Å²) in [5, 5.41) is 0. The van der Waals surface area contributed by atoms with Crippen molar-refractivity contribution in [3.8, 4) is 0 Å². The minimum atomic E-state index is 0.323. The molecule has 0 amide bonds. The van der Waals surface area contributed by atoms with Gasteiger partial charge in [-0.15, -0.1) is 0 Å². The summed E-state index contributed by atoms with van der Waals surface area (Å²) in [6, 6.07) is 4.04. The van der Waals surface area contributed by atoms with Crippen LogP contribution in [-0.4, -0.2) is 5.78 Å². The molecule has 2 rings (SSSR count). The average molecular weight is 174 g/mol. The molecule has 0 heterocycles. The van der Waals surface area contributed by atoms with E-state index in [2.05, 4.69) is 19.9 Å². The molecule has 0 saturated heterocycles. The maximum absolute atomic E-state index is 11.5. The third kappa shape index (κ3) is 1.28. The maximum atomic E-state index is 11.5. The minimum absolute atomic E-state index is 0.323. The van der Waals surface area contributed by atoms with Crippen molar-refractivity contribution in [1.82, 2.24) is 0 Å². The Balaban J connectivity index is 2.63. The molecule has 1 aromatic rings. The molecule has 0 bridgehead atoms. The van der Waals surface area contributed by atoms with E-state index in [0.29, 0.717) is 5.78 Å². The van der Waals surface area contributed by atoms with E-state index >= 15 is 0 Å². The third-order valence-electron chi connectivity index (χ3n) is 3.00. The van der Waals surface area contributed by atoms with Crippen LogP contribution in [0.4, 0.5) is 0 Å². The lowest BCUT2D eigenvalue weighted by Gasteiger charge is -2.18. The Bertz CT molecular complexity index is 364. The van der Waals surface area contributed by atoms with Gasteiger partial charge in [0.1, 0.15) is 0 Å². The van der Waals surface area contributed by atoms with Crippen molar-refractivity contribution in [2.75, 3.05) is 0 Å². The van der Waals surface area contributed by atoms with Gasteiger partial charge in [0.2, 0.25) is 0 Å². The molecule has 68 valence electrons. The second-order valence-electron chi connectivity index (χ2n) is 3.81. The molecular weight excluding hydrogens is 160 g/mol. The Hall–Kier alpha value is -1.11. The summed E-state index contributed by atoms with van der Waals surface area (Å²) in [5.41, 5.74) is 4.87. The van der Waals surface area contributed by atoms with Crippen molar-refractivity contribution in [3.63, 3.8) is 0 Å². The van der Waals surface area contributed by atoms with Gasteiger partial charge in [-0.3, -0.25) is 4.79 Å². The number of fused-ring (bicyclic) bond motifs is 1. The number of aryl methyl sites for hydroxylation is 1. The Kier molecular flexibility index (Phi) is 1.95. The molecule has 1 nitrogen and oxygen atoms in total. The van der Waals surface area contributed by atoms with E-state index in [9.17, 15) is 4.79 Å². The van der Waals surface area contributed by atoms with Crippen LogP contribution in [0.2, 0.25) is 0 Å². The van der Waals surface area contributed by atoms with Crippen molar-refractivity contribution in [2.45, 2.75) is 33.1 Å². The Morgan fingerprint density at radius 1 is 1.15 bits per heavy atom. The van der Waals surface area contributed by atoms with Crippen LogP contribution in [0.25, 0.3) is 0 Å². The normalized spacial score (nSPS) is 15.7. The molecule has 0 N–H and O–H groups in total. The van der Waals surface area contributed by atoms with Gasteiger partial charge in [0, 0.05) is 12.0 Å². The predicted octanol–water partition coefficient (Wildman–Crippen LogP) is 2.82. The van der Waals surface area contributed by atoms with Crippen molar-refractivity contribution < 1.29 is 4.79 Å². The number of benzene rings is 1. The van der Waals surface area contributed by atoms with Crippen molar-refractivity contribution in [1.29, 1.82) is 0 Å². The summed E-state index contributed by atoms with van der Waals surface area (Å²) in [4.78, 5) is 11.5. The zero-order valence-corrected chi connectivity index (χ0v) is 8.18. The maximum Gasteiger partial charge on any atom is 0.163 e. The molecule has 13 heavy (non-hydrogen) atoms. The van der Waals surface area contributed by atoms with Crippen LogP contribution < -0.4 is 0 Å². The summed E-state index contributed by atoms with van der Waals surface area (Å²) in [7, 11) is 0. The van der Waals surface area contributed by atoms with Gasteiger partial charge in [-0.25, -0.2) is 0 Å². The van der Waals surface area contributed by atoms with Crippen LogP contribution in [0.5, 0.6) is 0 Å². The fourth-order valence-electron chi connectivity index (χ4n) is 2.02. The number of ketones is 1. The molecule has 0 aliphatic heterocycles. The fraction of sp³-hybridized carbons (Fsp3) is 0.417. The molecular formula is C12H14O. The average Bonchev–Trinajstić information content (AvgIpc) is 2.12. The smallest absolute Gasteiger partial charge is 0.163 e. The zero-order chi connectivity index (χ0) is 9.42. The zero-order valence-electron chi connectivity index (χ0n) is 8.18.